The number of thioether (sulfide) groups is 2. The van der Waals surface area contributed by atoms with Gasteiger partial charge in [0.05, 0.1) is 27.2 Å². The van der Waals surface area contributed by atoms with Crippen LogP contribution in [0, 0.1) is 0 Å². The van der Waals surface area contributed by atoms with Crippen molar-refractivity contribution < 1.29 is 48.2 Å². The smallest absolute Gasteiger partial charge is 0.327 e. The van der Waals surface area contributed by atoms with Crippen LogP contribution in [0.3, 0.4) is 0 Å². The van der Waals surface area contributed by atoms with E-state index in [9.17, 15) is 9.90 Å². The van der Waals surface area contributed by atoms with Crippen LogP contribution in [0.25, 0.3) is 0 Å². The summed E-state index contributed by atoms with van der Waals surface area (Å²) >= 11 is 3.03. The maximum Gasteiger partial charge on any atom is 0.327 e. The molecule has 7 N–H and O–H groups in total. The summed E-state index contributed by atoms with van der Waals surface area (Å²) in [7, 11) is 0. The van der Waals surface area contributed by atoms with Crippen LogP contribution in [-0.2, 0) is 64.5 Å². The Morgan fingerprint density at radius 2 is 0.810 bits per heavy atom. The lowest BCUT2D eigenvalue weighted by molar-refractivity contribution is -0.148. The van der Waals surface area contributed by atoms with Gasteiger partial charge < -0.3 is 51.5 Å². The Morgan fingerprint density at radius 3 is 1.22 bits per heavy atom. The average Bonchev–Trinajstić information content (AvgIpc) is 1.42. The van der Waals surface area contributed by atoms with Crippen LogP contribution in [0.15, 0.2) is 303 Å². The van der Waals surface area contributed by atoms with Gasteiger partial charge in [-0.15, -0.1) is 23.5 Å². The van der Waals surface area contributed by atoms with Crippen LogP contribution in [0.2, 0.25) is 0 Å². The molecule has 7 amide bonds. The molecule has 12 rings (SSSR count). The minimum absolute atomic E-state index is 0.137. The van der Waals surface area contributed by atoms with E-state index in [4.69, 9.17) is 4.74 Å². The molecule has 10 aromatic rings. The van der Waals surface area contributed by atoms with Crippen LogP contribution in [0.5, 0.6) is 0 Å². The topological polar surface area (TPSA) is 245 Å². The number of likely N-dealkylation sites (tertiary alicyclic amines) is 2. The molecule has 0 aromatic heterocycles. The zero-order valence-corrected chi connectivity index (χ0v) is 71.3. The molecule has 2 aliphatic heterocycles. The van der Waals surface area contributed by atoms with Crippen molar-refractivity contribution in [2.24, 2.45) is 0 Å². The third kappa shape index (κ3) is 22.0. The lowest BCUT2D eigenvalue weighted by atomic mass is 9.77. The fraction of sp³-hybridized carbons (Fsp3) is 0.327. The van der Waals surface area contributed by atoms with Crippen molar-refractivity contribution in [3.8, 4) is 0 Å². The van der Waals surface area contributed by atoms with Gasteiger partial charge in [-0.3, -0.25) is 33.6 Å². The number of amides is 7. The van der Waals surface area contributed by atoms with Gasteiger partial charge in [0.2, 0.25) is 41.4 Å². The van der Waals surface area contributed by atoms with Crippen molar-refractivity contribution >= 4 is 70.8 Å². The molecule has 8 atom stereocenters. The van der Waals surface area contributed by atoms with Gasteiger partial charge in [0, 0.05) is 37.4 Å². The number of nitrogens with zero attached hydrogens (tertiary/aromatic N) is 2. The number of carbonyl (C=O) groups excluding carboxylic acids is 7. The third-order valence-electron chi connectivity index (χ3n) is 22.8. The monoisotopic (exact) mass is 1660 g/mol. The lowest BCUT2D eigenvalue weighted by Gasteiger charge is -2.38. The number of nitrogens with one attached hydrogen (secondary N) is 6. The fourth-order valence-electron chi connectivity index (χ4n) is 16.9. The summed E-state index contributed by atoms with van der Waals surface area (Å²) in [5.41, 5.74) is 6.40. The number of aliphatic carboxylic acids is 1. The zero-order chi connectivity index (χ0) is 85.2. The molecule has 0 bridgehead atoms. The van der Waals surface area contributed by atoms with Gasteiger partial charge in [0.15, 0.2) is 0 Å². The predicted molar refractivity (Wildman–Crippen MR) is 481 cm³/mol. The number of hydrogen-bond donors (Lipinski definition) is 7. The summed E-state index contributed by atoms with van der Waals surface area (Å²) in [6.07, 6.45) is 3.54. The maximum absolute atomic E-state index is 15.9. The maximum atomic E-state index is 15.9. The molecule has 121 heavy (non-hydrogen) atoms. The Morgan fingerprint density at radius 1 is 0.438 bits per heavy atom. The largest absolute Gasteiger partial charge is 0.480 e. The van der Waals surface area contributed by atoms with Crippen molar-refractivity contribution in [2.75, 3.05) is 31.1 Å². The minimum atomic E-state index is -1.63. The summed E-state index contributed by atoms with van der Waals surface area (Å²) in [6, 6.07) is 88.9. The van der Waals surface area contributed by atoms with E-state index >= 15 is 33.6 Å². The molecule has 0 radical (unpaired) electrons. The van der Waals surface area contributed by atoms with Gasteiger partial charge in [0.1, 0.15) is 41.8 Å². The Balaban J connectivity index is 0.838. The van der Waals surface area contributed by atoms with Crippen molar-refractivity contribution in [2.45, 2.75) is 174 Å². The number of carboxylic acid groups (broad SMARTS) is 1. The van der Waals surface area contributed by atoms with E-state index in [1.54, 1.807) is 74.7 Å². The van der Waals surface area contributed by atoms with E-state index in [-0.39, 0.29) is 49.8 Å². The molecular formula is C101H112N8O10S2. The molecular weight excluding hydrogens is 1550 g/mol. The fourth-order valence-corrected chi connectivity index (χ4v) is 20.0. The highest BCUT2D eigenvalue weighted by Crippen LogP contribution is 2.51. The van der Waals surface area contributed by atoms with Gasteiger partial charge in [-0.2, -0.15) is 0 Å². The van der Waals surface area contributed by atoms with Crippen LogP contribution in [-0.4, -0.2) is 147 Å². The van der Waals surface area contributed by atoms with Crippen molar-refractivity contribution in [1.29, 1.82) is 0 Å². The molecule has 0 saturated carbocycles. The normalized spacial score (nSPS) is 15.8. The highest BCUT2D eigenvalue weighted by molar-refractivity contribution is 8.01. The Labute approximate surface area is 720 Å². The first-order chi connectivity index (χ1) is 58.7. The van der Waals surface area contributed by atoms with E-state index in [0.29, 0.717) is 43.7 Å². The van der Waals surface area contributed by atoms with Gasteiger partial charge in [0.25, 0.3) is 0 Å². The highest BCUT2D eigenvalue weighted by atomic mass is 32.2. The van der Waals surface area contributed by atoms with E-state index in [2.05, 4.69) is 75.2 Å². The quantitative estimate of drug-likeness (QED) is 0.0140. The summed E-state index contributed by atoms with van der Waals surface area (Å²) in [5.74, 6) is -5.51. The average molecular weight is 1660 g/mol. The summed E-state index contributed by atoms with van der Waals surface area (Å²) < 4.78 is 4.84. The van der Waals surface area contributed by atoms with Crippen molar-refractivity contribution in [3.05, 3.63) is 359 Å². The van der Waals surface area contributed by atoms with Gasteiger partial charge in [-0.05, 0) is 128 Å². The number of carboxylic acids is 1. The molecule has 18 nitrogen and oxygen atoms in total. The predicted octanol–water partition coefficient (Wildman–Crippen LogP) is 15.3. The molecule has 2 aliphatic rings. The second-order valence-corrected chi connectivity index (χ2v) is 34.7. The number of benzene rings is 10. The lowest BCUT2D eigenvalue weighted by Crippen LogP contribution is -2.62. The Bertz CT molecular complexity index is 4700. The summed E-state index contributed by atoms with van der Waals surface area (Å²) in [5, 5.41) is 29.9. The van der Waals surface area contributed by atoms with Crippen LogP contribution >= 0.6 is 23.5 Å². The van der Waals surface area contributed by atoms with E-state index in [1.165, 1.54) is 16.7 Å². The standard InChI is InChI=1S/C101H112N8O10S2/c1-6-7-8-39-66-102-85(70-120-100(77-50-27-13-28-51-77,78-52-29-14-30-53-78)79-54-31-15-32-55-79)95(115)109-68-41-63-88(109)96(116)108-67-40-62-87(108)93(113)106-90(72(2)119-98(3,4)5)94(114)103-83(64-65-89(110)107-99(74-44-21-10-22-45-74,75-46-23-11-24-47-75)76-48-25-12-26-49-76)91(111)104-84(69-73-42-19-9-20-43-73)92(112)105-86(97(117)118)71-121-101(80-56-33-16-34-57-80,81-58-35-17-36-59-81)82-60-37-18-38-61-82/h9-38,42-61,72,83-88,90,102H,6-8,39-41,62-71H2,1-5H3,(H,103,114)(H,104,111)(H,105,112)(H,106,113)(H,107,110)(H,117,118)/t72-,83+,84+,85+,86+,87+,88+,90+/m1/s1. The SMILES string of the molecule is CCCCCCN[C@@H](CSC(c1ccccc1)(c1ccccc1)c1ccccc1)C(=O)N1CCC[C@H]1C(=O)N1CCC[C@H]1C(=O)N[C@H](C(=O)N[C@@H](CCC(=O)NC(c1ccccc1)(c1ccccc1)c1ccccc1)C(=O)N[C@@H](Cc1ccccc1)C(=O)N[C@@H](CSC(c1ccccc1)(c1ccccc1)c1ccccc1)C(=O)O)[C@@H](C)OC(C)(C)C. The van der Waals surface area contributed by atoms with Gasteiger partial charge in [-0.1, -0.05) is 330 Å². The first-order valence-corrected chi connectivity index (χ1v) is 44.3. The molecule has 0 unspecified atom stereocenters. The Kier molecular flexibility index (Phi) is 31.3. The Hall–Kier alpha value is -11.4. The first-order valence-electron chi connectivity index (χ1n) is 42.3. The third-order valence-corrected chi connectivity index (χ3v) is 26.0. The first kappa shape index (κ1) is 88.9. The molecule has 2 saturated heterocycles. The zero-order valence-electron chi connectivity index (χ0n) is 69.6. The second kappa shape index (κ2) is 42.7. The van der Waals surface area contributed by atoms with Crippen LogP contribution < -0.4 is 31.9 Å². The number of rotatable bonds is 40. The van der Waals surface area contributed by atoms with Crippen LogP contribution in [0.4, 0.5) is 0 Å². The van der Waals surface area contributed by atoms with E-state index in [1.807, 2.05) is 237 Å². The molecule has 0 aliphatic carbocycles. The van der Waals surface area contributed by atoms with E-state index < -0.39 is 105 Å². The second-order valence-electron chi connectivity index (χ2n) is 32.2. The summed E-state index contributed by atoms with van der Waals surface area (Å²) in [6.45, 7) is 10.3. The number of hydrogen-bond acceptors (Lipinski definition) is 12. The molecule has 2 fully saturated rings. The molecule has 20 heteroatoms. The van der Waals surface area contributed by atoms with Gasteiger partial charge >= 0.3 is 5.97 Å². The molecule has 2 heterocycles. The van der Waals surface area contributed by atoms with Crippen molar-refractivity contribution in [1.82, 2.24) is 41.7 Å². The summed E-state index contributed by atoms with van der Waals surface area (Å²) in [4.78, 5) is 126. The molecule has 628 valence electrons. The van der Waals surface area contributed by atoms with Crippen molar-refractivity contribution in [3.63, 3.8) is 0 Å². The minimum Gasteiger partial charge on any atom is -0.480 e. The van der Waals surface area contributed by atoms with Gasteiger partial charge in [-0.25, -0.2) is 4.79 Å². The highest BCUT2D eigenvalue weighted by Gasteiger charge is 2.48. The van der Waals surface area contributed by atoms with Crippen LogP contribution in [0.1, 0.15) is 154 Å². The number of ether oxygens (including phenoxy) is 1. The molecule has 10 aromatic carbocycles. The number of unbranched alkanes of at least 4 members (excludes halogenated alkanes) is 3. The van der Waals surface area contributed by atoms with E-state index in [0.717, 1.165) is 75.8 Å². The molecule has 0 spiro atoms. The number of carbonyl (C=O) groups is 8.